The molecule has 1 aromatic heterocycles. The van der Waals surface area contributed by atoms with Gasteiger partial charge in [0.05, 0.1) is 0 Å². The van der Waals surface area contributed by atoms with Gasteiger partial charge >= 0.3 is 5.97 Å². The van der Waals surface area contributed by atoms with Crippen molar-refractivity contribution in [2.24, 2.45) is 0 Å². The fourth-order valence-corrected chi connectivity index (χ4v) is 2.42. The van der Waals surface area contributed by atoms with Crippen LogP contribution >= 0.6 is 0 Å². The monoisotopic (exact) mass is 277 g/mol. The summed E-state index contributed by atoms with van der Waals surface area (Å²) in [7, 11) is 0. The van der Waals surface area contributed by atoms with Gasteiger partial charge < -0.3 is 14.4 Å². The summed E-state index contributed by atoms with van der Waals surface area (Å²) in [4.78, 5) is 24.9. The lowest BCUT2D eigenvalue weighted by Crippen LogP contribution is -2.43. The molecule has 0 radical (unpaired) electrons. The van der Waals surface area contributed by atoms with Crippen molar-refractivity contribution in [3.63, 3.8) is 0 Å². The summed E-state index contributed by atoms with van der Waals surface area (Å²) in [6, 6.07) is 2.87. The van der Waals surface area contributed by atoms with E-state index in [9.17, 15) is 14.7 Å². The van der Waals surface area contributed by atoms with Crippen LogP contribution in [0.3, 0.4) is 0 Å². The fraction of sp³-hybridized carbons (Fsp3) is 0.467. The topological polar surface area (TPSA) is 70.8 Å². The van der Waals surface area contributed by atoms with E-state index in [2.05, 4.69) is 0 Å². The molecule has 0 aliphatic carbocycles. The summed E-state index contributed by atoms with van der Waals surface area (Å²) >= 11 is 0. The van der Waals surface area contributed by atoms with E-state index in [-0.39, 0.29) is 5.91 Å². The predicted molar refractivity (Wildman–Crippen MR) is 74.1 cm³/mol. The Morgan fingerprint density at radius 2 is 2.15 bits per heavy atom. The first-order valence-electron chi connectivity index (χ1n) is 6.86. The van der Waals surface area contributed by atoms with Gasteiger partial charge in [-0.15, -0.1) is 0 Å². The zero-order valence-electron chi connectivity index (χ0n) is 11.5. The lowest BCUT2D eigenvalue weighted by molar-refractivity contribution is -0.148. The van der Waals surface area contributed by atoms with Crippen LogP contribution < -0.4 is 0 Å². The van der Waals surface area contributed by atoms with E-state index in [0.717, 1.165) is 25.0 Å². The number of hydrogen-bond acceptors (Lipinski definition) is 3. The third-order valence-electron chi connectivity index (χ3n) is 3.47. The van der Waals surface area contributed by atoms with Crippen LogP contribution in [0.15, 0.2) is 22.6 Å². The van der Waals surface area contributed by atoms with E-state index < -0.39 is 12.0 Å². The lowest BCUT2D eigenvalue weighted by atomic mass is 10.1. The van der Waals surface area contributed by atoms with Crippen LogP contribution in [0.4, 0.5) is 0 Å². The second-order valence-electron chi connectivity index (χ2n) is 5.02. The Morgan fingerprint density at radius 3 is 2.80 bits per heavy atom. The van der Waals surface area contributed by atoms with Crippen LogP contribution in [0, 0.1) is 6.92 Å². The average Bonchev–Trinajstić information content (AvgIpc) is 2.68. The largest absolute Gasteiger partial charge is 0.480 e. The third kappa shape index (κ3) is 3.50. The molecule has 0 saturated carbocycles. The maximum atomic E-state index is 12.2. The van der Waals surface area contributed by atoms with Gasteiger partial charge in [0.2, 0.25) is 5.91 Å². The molecule has 2 heterocycles. The molecule has 20 heavy (non-hydrogen) atoms. The maximum Gasteiger partial charge on any atom is 0.326 e. The summed E-state index contributed by atoms with van der Waals surface area (Å²) in [6.07, 6.45) is 6.16. The summed E-state index contributed by atoms with van der Waals surface area (Å²) in [5.74, 6) is 0.170. The number of carbonyl (C=O) groups excluding carboxylic acids is 1. The molecule has 1 fully saturated rings. The zero-order chi connectivity index (χ0) is 14.5. The summed E-state index contributed by atoms with van der Waals surface area (Å²) in [6.45, 7) is 2.33. The van der Waals surface area contributed by atoms with Crippen molar-refractivity contribution in [2.45, 2.75) is 38.6 Å². The van der Waals surface area contributed by atoms with Gasteiger partial charge in [-0.25, -0.2) is 4.79 Å². The molecule has 0 bridgehead atoms. The Morgan fingerprint density at radius 1 is 1.35 bits per heavy atom. The Kier molecular flexibility index (Phi) is 4.61. The van der Waals surface area contributed by atoms with Gasteiger partial charge in [-0.2, -0.15) is 0 Å². The summed E-state index contributed by atoms with van der Waals surface area (Å²) in [5, 5.41) is 9.23. The number of carboxylic acid groups (broad SMARTS) is 1. The quantitative estimate of drug-likeness (QED) is 0.861. The van der Waals surface area contributed by atoms with Gasteiger partial charge in [-0.3, -0.25) is 4.79 Å². The Labute approximate surface area is 117 Å². The van der Waals surface area contributed by atoms with E-state index in [1.54, 1.807) is 12.1 Å². The number of carboxylic acids is 1. The number of amides is 1. The summed E-state index contributed by atoms with van der Waals surface area (Å²) in [5.41, 5.74) is 0. The first-order valence-corrected chi connectivity index (χ1v) is 6.86. The molecule has 2 rings (SSSR count). The maximum absolute atomic E-state index is 12.2. The highest BCUT2D eigenvalue weighted by atomic mass is 16.4. The van der Waals surface area contributed by atoms with Crippen LogP contribution in [0.25, 0.3) is 6.08 Å². The van der Waals surface area contributed by atoms with Gasteiger partial charge in [0.15, 0.2) is 0 Å². The van der Waals surface area contributed by atoms with Crippen LogP contribution in [-0.4, -0.2) is 34.5 Å². The number of aryl methyl sites for hydroxylation is 1. The Hall–Kier alpha value is -2.04. The number of likely N-dealkylation sites (tertiary alicyclic amines) is 1. The van der Waals surface area contributed by atoms with Crippen molar-refractivity contribution in [1.29, 1.82) is 0 Å². The number of carbonyl (C=O) groups is 2. The van der Waals surface area contributed by atoms with Gasteiger partial charge in [0, 0.05) is 12.6 Å². The van der Waals surface area contributed by atoms with E-state index in [4.69, 9.17) is 4.42 Å². The van der Waals surface area contributed by atoms with Crippen LogP contribution in [0.1, 0.15) is 37.2 Å². The second kappa shape index (κ2) is 6.41. The van der Waals surface area contributed by atoms with Gasteiger partial charge in [-0.1, -0.05) is 12.8 Å². The molecular weight excluding hydrogens is 258 g/mol. The van der Waals surface area contributed by atoms with Crippen LogP contribution in [0.5, 0.6) is 0 Å². The summed E-state index contributed by atoms with van der Waals surface area (Å²) < 4.78 is 5.35. The van der Waals surface area contributed by atoms with Gasteiger partial charge in [0.1, 0.15) is 17.6 Å². The minimum atomic E-state index is -0.928. The van der Waals surface area contributed by atoms with Crippen molar-refractivity contribution < 1.29 is 19.1 Å². The van der Waals surface area contributed by atoms with Gasteiger partial charge in [-0.05, 0) is 38.0 Å². The molecule has 1 aliphatic heterocycles. The van der Waals surface area contributed by atoms with E-state index in [1.807, 2.05) is 13.0 Å². The van der Waals surface area contributed by atoms with Crippen molar-refractivity contribution in [1.82, 2.24) is 4.90 Å². The van der Waals surface area contributed by atoms with Crippen molar-refractivity contribution in [3.8, 4) is 0 Å². The molecule has 5 heteroatoms. The van der Waals surface area contributed by atoms with Crippen molar-refractivity contribution >= 4 is 18.0 Å². The van der Waals surface area contributed by atoms with Crippen molar-refractivity contribution in [2.75, 3.05) is 6.54 Å². The van der Waals surface area contributed by atoms with Crippen molar-refractivity contribution in [3.05, 3.63) is 29.7 Å². The highest BCUT2D eigenvalue weighted by Crippen LogP contribution is 2.18. The van der Waals surface area contributed by atoms with E-state index in [0.29, 0.717) is 18.7 Å². The smallest absolute Gasteiger partial charge is 0.326 e. The molecule has 5 nitrogen and oxygen atoms in total. The molecule has 1 aliphatic rings. The van der Waals surface area contributed by atoms with Crippen LogP contribution in [0.2, 0.25) is 0 Å². The molecule has 1 N–H and O–H groups in total. The molecule has 1 atom stereocenters. The van der Waals surface area contributed by atoms with Crippen LogP contribution in [-0.2, 0) is 9.59 Å². The molecule has 1 saturated heterocycles. The Balaban J connectivity index is 2.08. The molecule has 1 aromatic rings. The standard InChI is InChI=1S/C15H19NO4/c1-11-6-7-12(20-11)8-9-14(17)16-10-4-2-3-5-13(16)15(18)19/h6-9,13H,2-5,10H2,1H3,(H,18,19). The first kappa shape index (κ1) is 14.4. The molecular formula is C15H19NO4. The molecule has 0 aromatic carbocycles. The first-order chi connectivity index (χ1) is 9.58. The highest BCUT2D eigenvalue weighted by molar-refractivity contribution is 5.94. The molecule has 108 valence electrons. The zero-order valence-corrected chi connectivity index (χ0v) is 11.5. The lowest BCUT2D eigenvalue weighted by Gasteiger charge is -2.25. The molecule has 1 amide bonds. The molecule has 0 spiro atoms. The highest BCUT2D eigenvalue weighted by Gasteiger charge is 2.29. The number of furan rings is 1. The van der Waals surface area contributed by atoms with E-state index >= 15 is 0 Å². The Bertz CT molecular complexity index is 518. The molecule has 1 unspecified atom stereocenters. The third-order valence-corrected chi connectivity index (χ3v) is 3.47. The fourth-order valence-electron chi connectivity index (χ4n) is 2.42. The average molecular weight is 277 g/mol. The normalized spacial score (nSPS) is 20.1. The minimum absolute atomic E-state index is 0.270. The number of hydrogen-bond donors (Lipinski definition) is 1. The minimum Gasteiger partial charge on any atom is -0.480 e. The predicted octanol–water partition coefficient (Wildman–Crippen LogP) is 2.46. The number of nitrogens with zero attached hydrogens (tertiary/aromatic N) is 1. The second-order valence-corrected chi connectivity index (χ2v) is 5.02. The number of rotatable bonds is 3. The SMILES string of the molecule is Cc1ccc(C=CC(=O)N2CCCCCC2C(=O)O)o1. The number of aliphatic carboxylic acids is 1. The van der Waals surface area contributed by atoms with E-state index in [1.165, 1.54) is 11.0 Å². The van der Waals surface area contributed by atoms with Gasteiger partial charge in [0.25, 0.3) is 0 Å².